The summed E-state index contributed by atoms with van der Waals surface area (Å²) in [5, 5.41) is 9.37. The van der Waals surface area contributed by atoms with Crippen molar-refractivity contribution >= 4 is 0 Å². The van der Waals surface area contributed by atoms with Gasteiger partial charge in [-0.3, -0.25) is 0 Å². The lowest BCUT2D eigenvalue weighted by Gasteiger charge is -2.03. The molecule has 0 aliphatic heterocycles. The second kappa shape index (κ2) is 3.55. The summed E-state index contributed by atoms with van der Waals surface area (Å²) in [7, 11) is 0. The van der Waals surface area contributed by atoms with E-state index < -0.39 is 0 Å². The maximum atomic E-state index is 9.37. The minimum Gasteiger partial charge on any atom is -0.387 e. The minimum absolute atomic E-state index is 0.379. The Morgan fingerprint density at radius 3 is 2.82 bits per heavy atom. The number of nitrogens with one attached hydrogen (secondary N) is 1. The first-order valence-electron chi connectivity index (χ1n) is 3.83. The first kappa shape index (κ1) is 8.30. The standard InChI is InChI=1S/C8H14N2O/c1-2-8(11)7-4-3-6(5-9)10-7/h3-4,8,10-11H,2,5,9H2,1H3. The molecule has 0 radical (unpaired) electrons. The van der Waals surface area contributed by atoms with Gasteiger partial charge in [-0.2, -0.15) is 0 Å². The van der Waals surface area contributed by atoms with Crippen LogP contribution in [0.15, 0.2) is 12.1 Å². The molecule has 1 rings (SSSR count). The summed E-state index contributed by atoms with van der Waals surface area (Å²) in [6.45, 7) is 2.43. The summed E-state index contributed by atoms with van der Waals surface area (Å²) >= 11 is 0. The molecule has 3 heteroatoms. The summed E-state index contributed by atoms with van der Waals surface area (Å²) < 4.78 is 0. The Morgan fingerprint density at radius 1 is 1.64 bits per heavy atom. The molecule has 0 saturated heterocycles. The lowest BCUT2D eigenvalue weighted by atomic mass is 10.2. The first-order valence-corrected chi connectivity index (χ1v) is 3.83. The number of aliphatic hydroxyl groups excluding tert-OH is 1. The fraction of sp³-hybridized carbons (Fsp3) is 0.500. The van der Waals surface area contributed by atoms with E-state index in [0.717, 1.165) is 17.8 Å². The molecule has 1 unspecified atom stereocenters. The average molecular weight is 154 g/mol. The zero-order valence-electron chi connectivity index (χ0n) is 6.67. The van der Waals surface area contributed by atoms with E-state index in [1.807, 2.05) is 19.1 Å². The van der Waals surface area contributed by atoms with Crippen molar-refractivity contribution in [1.29, 1.82) is 0 Å². The molecule has 0 fully saturated rings. The van der Waals surface area contributed by atoms with E-state index in [4.69, 9.17) is 5.73 Å². The molecule has 1 heterocycles. The van der Waals surface area contributed by atoms with Crippen molar-refractivity contribution < 1.29 is 5.11 Å². The van der Waals surface area contributed by atoms with Crippen molar-refractivity contribution in [2.24, 2.45) is 5.73 Å². The van der Waals surface area contributed by atoms with Crippen molar-refractivity contribution in [3.8, 4) is 0 Å². The van der Waals surface area contributed by atoms with Gasteiger partial charge in [-0.05, 0) is 18.6 Å². The lowest BCUT2D eigenvalue weighted by molar-refractivity contribution is 0.169. The van der Waals surface area contributed by atoms with Crippen molar-refractivity contribution in [2.75, 3.05) is 0 Å². The van der Waals surface area contributed by atoms with E-state index >= 15 is 0 Å². The third kappa shape index (κ3) is 1.82. The molecule has 0 aliphatic carbocycles. The van der Waals surface area contributed by atoms with Crippen molar-refractivity contribution in [1.82, 2.24) is 4.98 Å². The molecule has 3 nitrogen and oxygen atoms in total. The maximum absolute atomic E-state index is 9.37. The Labute approximate surface area is 66.2 Å². The highest BCUT2D eigenvalue weighted by atomic mass is 16.3. The monoisotopic (exact) mass is 154 g/mol. The van der Waals surface area contributed by atoms with Crippen LogP contribution in [0.25, 0.3) is 0 Å². The largest absolute Gasteiger partial charge is 0.387 e. The number of aromatic nitrogens is 1. The molecular weight excluding hydrogens is 140 g/mol. The average Bonchev–Trinajstić information content (AvgIpc) is 2.50. The van der Waals surface area contributed by atoms with Crippen LogP contribution < -0.4 is 5.73 Å². The van der Waals surface area contributed by atoms with Crippen LogP contribution >= 0.6 is 0 Å². The van der Waals surface area contributed by atoms with Crippen LogP contribution in [-0.4, -0.2) is 10.1 Å². The van der Waals surface area contributed by atoms with Gasteiger partial charge in [-0.15, -0.1) is 0 Å². The Hall–Kier alpha value is -0.800. The van der Waals surface area contributed by atoms with Gasteiger partial charge in [0.05, 0.1) is 6.10 Å². The van der Waals surface area contributed by atoms with Crippen LogP contribution in [0.4, 0.5) is 0 Å². The van der Waals surface area contributed by atoms with Crippen molar-refractivity contribution in [3.63, 3.8) is 0 Å². The van der Waals surface area contributed by atoms with Crippen LogP contribution in [-0.2, 0) is 6.54 Å². The molecule has 0 aromatic carbocycles. The van der Waals surface area contributed by atoms with Gasteiger partial charge in [0.25, 0.3) is 0 Å². The van der Waals surface area contributed by atoms with Crippen molar-refractivity contribution in [3.05, 3.63) is 23.5 Å². The van der Waals surface area contributed by atoms with Crippen LogP contribution in [0.2, 0.25) is 0 Å². The maximum Gasteiger partial charge on any atom is 0.0935 e. The molecule has 0 amide bonds. The highest BCUT2D eigenvalue weighted by molar-refractivity contribution is 5.14. The fourth-order valence-electron chi connectivity index (χ4n) is 0.992. The minimum atomic E-state index is -0.379. The second-order valence-electron chi connectivity index (χ2n) is 2.57. The van der Waals surface area contributed by atoms with Gasteiger partial charge < -0.3 is 15.8 Å². The summed E-state index contributed by atoms with van der Waals surface area (Å²) in [6.07, 6.45) is 0.347. The van der Waals surface area contributed by atoms with E-state index in [1.165, 1.54) is 0 Å². The van der Waals surface area contributed by atoms with Gasteiger partial charge in [-0.1, -0.05) is 6.92 Å². The quantitative estimate of drug-likeness (QED) is 0.606. The number of rotatable bonds is 3. The van der Waals surface area contributed by atoms with Crippen LogP contribution in [0, 0.1) is 0 Å². The van der Waals surface area contributed by atoms with Gasteiger partial charge in [0, 0.05) is 17.9 Å². The number of nitrogens with two attached hydrogens (primary N) is 1. The molecule has 1 atom stereocenters. The molecule has 11 heavy (non-hydrogen) atoms. The highest BCUT2D eigenvalue weighted by Crippen LogP contribution is 2.14. The van der Waals surface area contributed by atoms with Crippen LogP contribution in [0.1, 0.15) is 30.8 Å². The molecular formula is C8H14N2O. The third-order valence-corrected chi connectivity index (χ3v) is 1.73. The predicted octanol–water partition coefficient (Wildman–Crippen LogP) is 0.917. The van der Waals surface area contributed by atoms with Crippen LogP contribution in [0.3, 0.4) is 0 Å². The highest BCUT2D eigenvalue weighted by Gasteiger charge is 2.05. The molecule has 1 aromatic heterocycles. The SMILES string of the molecule is CCC(O)c1ccc(CN)[nH]1. The van der Waals surface area contributed by atoms with Gasteiger partial charge in [-0.25, -0.2) is 0 Å². The summed E-state index contributed by atoms with van der Waals surface area (Å²) in [5.41, 5.74) is 7.21. The number of aliphatic hydroxyl groups is 1. The molecule has 0 aliphatic rings. The van der Waals surface area contributed by atoms with E-state index in [0.29, 0.717) is 6.54 Å². The zero-order chi connectivity index (χ0) is 8.27. The molecule has 0 spiro atoms. The van der Waals surface area contributed by atoms with E-state index in [1.54, 1.807) is 0 Å². The van der Waals surface area contributed by atoms with E-state index in [2.05, 4.69) is 4.98 Å². The van der Waals surface area contributed by atoms with Gasteiger partial charge >= 0.3 is 0 Å². The topological polar surface area (TPSA) is 62.0 Å². The molecule has 1 aromatic rings. The summed E-state index contributed by atoms with van der Waals surface area (Å²) in [4.78, 5) is 3.04. The summed E-state index contributed by atoms with van der Waals surface area (Å²) in [6, 6.07) is 3.77. The number of hydrogen-bond acceptors (Lipinski definition) is 2. The van der Waals surface area contributed by atoms with Crippen LogP contribution in [0.5, 0.6) is 0 Å². The van der Waals surface area contributed by atoms with E-state index in [-0.39, 0.29) is 6.10 Å². The molecule has 4 N–H and O–H groups in total. The second-order valence-corrected chi connectivity index (χ2v) is 2.57. The Morgan fingerprint density at radius 2 is 2.36 bits per heavy atom. The number of H-pyrrole nitrogens is 1. The Bertz CT molecular complexity index is 220. The fourth-order valence-corrected chi connectivity index (χ4v) is 0.992. The summed E-state index contributed by atoms with van der Waals surface area (Å²) in [5.74, 6) is 0. The third-order valence-electron chi connectivity index (χ3n) is 1.73. The molecule has 0 saturated carbocycles. The molecule has 0 bridgehead atoms. The number of aromatic amines is 1. The Balaban J connectivity index is 2.71. The molecule has 62 valence electrons. The van der Waals surface area contributed by atoms with Crippen molar-refractivity contribution in [2.45, 2.75) is 26.0 Å². The first-order chi connectivity index (χ1) is 5.27. The Kier molecular flexibility index (Phi) is 2.68. The zero-order valence-corrected chi connectivity index (χ0v) is 6.67. The predicted molar refractivity (Wildman–Crippen MR) is 43.9 cm³/mol. The number of hydrogen-bond donors (Lipinski definition) is 3. The smallest absolute Gasteiger partial charge is 0.0935 e. The van der Waals surface area contributed by atoms with Gasteiger partial charge in [0.1, 0.15) is 0 Å². The lowest BCUT2D eigenvalue weighted by Crippen LogP contribution is -1.99. The van der Waals surface area contributed by atoms with Gasteiger partial charge in [0.2, 0.25) is 0 Å². The van der Waals surface area contributed by atoms with E-state index in [9.17, 15) is 5.11 Å². The normalized spacial score (nSPS) is 13.4. The van der Waals surface area contributed by atoms with Gasteiger partial charge in [0.15, 0.2) is 0 Å².